The van der Waals surface area contributed by atoms with E-state index in [2.05, 4.69) is 35.1 Å². The van der Waals surface area contributed by atoms with Crippen LogP contribution in [0, 0.1) is 12.8 Å². The van der Waals surface area contributed by atoms with Crippen molar-refractivity contribution in [1.82, 2.24) is 5.32 Å². The van der Waals surface area contributed by atoms with E-state index in [0.29, 0.717) is 17.3 Å². The number of benzene rings is 1. The molecule has 3 heteroatoms. The molecule has 0 aliphatic rings. The summed E-state index contributed by atoms with van der Waals surface area (Å²) in [6.45, 7) is 7.01. The minimum absolute atomic E-state index is 0.0171. The molecule has 100 valence electrons. The number of halogens is 1. The molecular weight excluding hydrogens is 290 g/mol. The van der Waals surface area contributed by atoms with Crippen LogP contribution in [-0.2, 0) is 0 Å². The minimum atomic E-state index is 0.0171. The van der Waals surface area contributed by atoms with Crippen LogP contribution in [0.2, 0.25) is 0 Å². The van der Waals surface area contributed by atoms with Crippen LogP contribution < -0.4 is 5.32 Å². The van der Waals surface area contributed by atoms with Gasteiger partial charge in [0.1, 0.15) is 0 Å². The zero-order valence-corrected chi connectivity index (χ0v) is 13.0. The maximum atomic E-state index is 12.0. The van der Waals surface area contributed by atoms with Crippen LogP contribution in [0.1, 0.15) is 42.6 Å². The van der Waals surface area contributed by atoms with Gasteiger partial charge in [0, 0.05) is 16.9 Å². The Morgan fingerprint density at radius 2 is 1.89 bits per heavy atom. The molecule has 0 radical (unpaired) electrons. The SMILES string of the molecule is CCC(CC)C(Br)CNC(=O)c1ccccc1C. The Hall–Kier alpha value is -0.830. The lowest BCUT2D eigenvalue weighted by Crippen LogP contribution is -2.33. The summed E-state index contributed by atoms with van der Waals surface area (Å²) in [4.78, 5) is 12.4. The number of carbonyl (C=O) groups excluding carboxylic acids is 1. The molecule has 1 unspecified atom stereocenters. The van der Waals surface area contributed by atoms with E-state index in [-0.39, 0.29) is 5.91 Å². The monoisotopic (exact) mass is 311 g/mol. The van der Waals surface area contributed by atoms with E-state index in [0.717, 1.165) is 24.0 Å². The van der Waals surface area contributed by atoms with E-state index >= 15 is 0 Å². The van der Waals surface area contributed by atoms with Crippen molar-refractivity contribution in [1.29, 1.82) is 0 Å². The van der Waals surface area contributed by atoms with Gasteiger partial charge in [0.05, 0.1) is 0 Å². The first-order valence-corrected chi connectivity index (χ1v) is 7.49. The summed E-state index contributed by atoms with van der Waals surface area (Å²) in [5.41, 5.74) is 1.78. The quantitative estimate of drug-likeness (QED) is 0.793. The molecule has 1 aromatic carbocycles. The minimum Gasteiger partial charge on any atom is -0.351 e. The Labute approximate surface area is 118 Å². The fraction of sp³-hybridized carbons (Fsp3) is 0.533. The first-order chi connectivity index (χ1) is 8.60. The number of carbonyl (C=O) groups is 1. The predicted molar refractivity (Wildman–Crippen MR) is 80.3 cm³/mol. The van der Waals surface area contributed by atoms with E-state index < -0.39 is 0 Å². The molecule has 0 bridgehead atoms. The van der Waals surface area contributed by atoms with E-state index in [9.17, 15) is 4.79 Å². The third kappa shape index (κ3) is 4.13. The number of amides is 1. The molecule has 1 rings (SSSR count). The van der Waals surface area contributed by atoms with Crippen LogP contribution in [0.5, 0.6) is 0 Å². The normalized spacial score (nSPS) is 12.5. The molecule has 0 aromatic heterocycles. The van der Waals surface area contributed by atoms with Gasteiger partial charge in [-0.3, -0.25) is 4.79 Å². The van der Waals surface area contributed by atoms with Crippen LogP contribution in [0.3, 0.4) is 0 Å². The van der Waals surface area contributed by atoms with Gasteiger partial charge in [-0.05, 0) is 24.5 Å². The highest BCUT2D eigenvalue weighted by molar-refractivity contribution is 9.09. The van der Waals surface area contributed by atoms with Gasteiger partial charge in [-0.25, -0.2) is 0 Å². The van der Waals surface area contributed by atoms with Crippen LogP contribution in [0.15, 0.2) is 24.3 Å². The second kappa shape index (κ2) is 7.57. The van der Waals surface area contributed by atoms with Crippen molar-refractivity contribution in [3.63, 3.8) is 0 Å². The Morgan fingerprint density at radius 3 is 2.44 bits per heavy atom. The number of rotatable bonds is 6. The van der Waals surface area contributed by atoms with Crippen molar-refractivity contribution in [2.24, 2.45) is 5.92 Å². The zero-order valence-electron chi connectivity index (χ0n) is 11.4. The summed E-state index contributed by atoms with van der Waals surface area (Å²) in [6, 6.07) is 7.67. The van der Waals surface area contributed by atoms with Gasteiger partial charge in [0.15, 0.2) is 0 Å². The lowest BCUT2D eigenvalue weighted by atomic mass is 9.99. The summed E-state index contributed by atoms with van der Waals surface area (Å²) in [5.74, 6) is 0.630. The molecule has 0 saturated heterocycles. The highest BCUT2D eigenvalue weighted by Gasteiger charge is 2.16. The molecule has 1 N–H and O–H groups in total. The maximum absolute atomic E-state index is 12.0. The molecule has 1 atom stereocenters. The summed E-state index contributed by atoms with van der Waals surface area (Å²) < 4.78 is 0. The average Bonchev–Trinajstić information content (AvgIpc) is 2.38. The fourth-order valence-electron chi connectivity index (χ4n) is 2.08. The topological polar surface area (TPSA) is 29.1 Å². The molecule has 0 heterocycles. The number of alkyl halides is 1. The summed E-state index contributed by atoms with van der Waals surface area (Å²) >= 11 is 3.67. The lowest BCUT2D eigenvalue weighted by Gasteiger charge is -2.20. The second-order valence-electron chi connectivity index (χ2n) is 4.62. The average molecular weight is 312 g/mol. The Morgan fingerprint density at radius 1 is 1.28 bits per heavy atom. The van der Waals surface area contributed by atoms with Crippen LogP contribution in [0.25, 0.3) is 0 Å². The number of aryl methyl sites for hydroxylation is 1. The highest BCUT2D eigenvalue weighted by atomic mass is 79.9. The van der Waals surface area contributed by atoms with Crippen molar-refractivity contribution >= 4 is 21.8 Å². The third-order valence-electron chi connectivity index (χ3n) is 3.41. The molecule has 0 fully saturated rings. The molecular formula is C15H22BrNO. The maximum Gasteiger partial charge on any atom is 0.251 e. The molecule has 0 aliphatic heterocycles. The molecule has 1 amide bonds. The van der Waals surface area contributed by atoms with Gasteiger partial charge < -0.3 is 5.32 Å². The standard InChI is InChI=1S/C15H22BrNO/c1-4-12(5-2)14(16)10-17-15(18)13-9-7-6-8-11(13)3/h6-9,12,14H,4-5,10H2,1-3H3,(H,17,18). The van der Waals surface area contributed by atoms with E-state index in [1.54, 1.807) is 0 Å². The Bertz CT molecular complexity index is 388. The van der Waals surface area contributed by atoms with Crippen LogP contribution in [-0.4, -0.2) is 17.3 Å². The molecule has 0 aliphatic carbocycles. The molecule has 2 nitrogen and oxygen atoms in total. The van der Waals surface area contributed by atoms with Crippen molar-refractivity contribution in [3.05, 3.63) is 35.4 Å². The van der Waals surface area contributed by atoms with Crippen LogP contribution >= 0.6 is 15.9 Å². The van der Waals surface area contributed by atoms with Gasteiger partial charge >= 0.3 is 0 Å². The summed E-state index contributed by atoms with van der Waals surface area (Å²) in [5, 5.41) is 3.00. The molecule has 1 aromatic rings. The lowest BCUT2D eigenvalue weighted by molar-refractivity contribution is 0.0951. The molecule has 0 spiro atoms. The predicted octanol–water partition coefficient (Wildman–Crippen LogP) is 3.92. The van der Waals surface area contributed by atoms with Crippen molar-refractivity contribution in [2.45, 2.75) is 38.4 Å². The number of hydrogen-bond acceptors (Lipinski definition) is 1. The first-order valence-electron chi connectivity index (χ1n) is 6.58. The van der Waals surface area contributed by atoms with Crippen LogP contribution in [0.4, 0.5) is 0 Å². The zero-order chi connectivity index (χ0) is 13.5. The van der Waals surface area contributed by atoms with Gasteiger partial charge in [-0.15, -0.1) is 0 Å². The summed E-state index contributed by atoms with van der Waals surface area (Å²) in [6.07, 6.45) is 2.26. The number of hydrogen-bond donors (Lipinski definition) is 1. The van der Waals surface area contributed by atoms with Gasteiger partial charge in [0.2, 0.25) is 0 Å². The Balaban J connectivity index is 2.54. The highest BCUT2D eigenvalue weighted by Crippen LogP contribution is 2.19. The summed E-state index contributed by atoms with van der Waals surface area (Å²) in [7, 11) is 0. The first kappa shape index (κ1) is 15.2. The molecule has 18 heavy (non-hydrogen) atoms. The van der Waals surface area contributed by atoms with E-state index in [1.807, 2.05) is 31.2 Å². The van der Waals surface area contributed by atoms with E-state index in [1.165, 1.54) is 0 Å². The van der Waals surface area contributed by atoms with E-state index in [4.69, 9.17) is 0 Å². The fourth-order valence-corrected chi connectivity index (χ4v) is 2.99. The third-order valence-corrected chi connectivity index (χ3v) is 4.48. The van der Waals surface area contributed by atoms with Crippen molar-refractivity contribution in [2.75, 3.05) is 6.54 Å². The van der Waals surface area contributed by atoms with Crippen molar-refractivity contribution in [3.8, 4) is 0 Å². The Kier molecular flexibility index (Phi) is 6.41. The molecule has 0 saturated carbocycles. The van der Waals surface area contributed by atoms with Gasteiger partial charge in [-0.1, -0.05) is 60.8 Å². The van der Waals surface area contributed by atoms with Gasteiger partial charge in [-0.2, -0.15) is 0 Å². The largest absolute Gasteiger partial charge is 0.351 e. The second-order valence-corrected chi connectivity index (χ2v) is 5.79. The van der Waals surface area contributed by atoms with Crippen molar-refractivity contribution < 1.29 is 4.79 Å². The smallest absolute Gasteiger partial charge is 0.251 e. The number of nitrogens with one attached hydrogen (secondary N) is 1. The van der Waals surface area contributed by atoms with Gasteiger partial charge in [0.25, 0.3) is 5.91 Å².